The molecule has 2 heterocycles. The van der Waals surface area contributed by atoms with E-state index in [2.05, 4.69) is 4.98 Å². The summed E-state index contributed by atoms with van der Waals surface area (Å²) in [4.78, 5) is 29.2. The zero-order valence-electron chi connectivity index (χ0n) is 15.1. The van der Waals surface area contributed by atoms with Crippen molar-refractivity contribution in [2.45, 2.75) is 29.3 Å². The molecule has 0 bridgehead atoms. The van der Waals surface area contributed by atoms with Gasteiger partial charge in [0.05, 0.1) is 19.2 Å². The zero-order chi connectivity index (χ0) is 20.3. The van der Waals surface area contributed by atoms with Crippen LogP contribution in [0.25, 0.3) is 0 Å². The number of nitrogens with zero attached hydrogens (tertiary/aromatic N) is 2. The van der Waals surface area contributed by atoms with Gasteiger partial charge in [-0.25, -0.2) is 9.78 Å². The minimum absolute atomic E-state index is 0.0395. The molecule has 150 valence electrons. The second-order valence-corrected chi connectivity index (χ2v) is 8.89. The van der Waals surface area contributed by atoms with Crippen molar-refractivity contribution >= 4 is 46.6 Å². The van der Waals surface area contributed by atoms with Crippen LogP contribution in [0.15, 0.2) is 27.9 Å². The molecule has 2 aromatic rings. The van der Waals surface area contributed by atoms with Crippen LogP contribution in [0.2, 0.25) is 5.02 Å². The number of methoxy groups -OCH3 is 1. The molecular formula is C18H20ClN3O4S2. The van der Waals surface area contributed by atoms with E-state index in [4.69, 9.17) is 27.2 Å². The molecule has 1 aromatic carbocycles. The number of halogens is 1. The summed E-state index contributed by atoms with van der Waals surface area (Å²) in [6, 6.07) is 4.74. The van der Waals surface area contributed by atoms with Crippen molar-refractivity contribution < 1.29 is 19.4 Å². The van der Waals surface area contributed by atoms with E-state index in [0.717, 1.165) is 5.56 Å². The predicted molar refractivity (Wildman–Crippen MR) is 109 cm³/mol. The van der Waals surface area contributed by atoms with Crippen molar-refractivity contribution in [3.05, 3.63) is 39.9 Å². The van der Waals surface area contributed by atoms with Crippen LogP contribution < -0.4 is 10.5 Å². The zero-order valence-corrected chi connectivity index (χ0v) is 17.5. The molecule has 28 heavy (non-hydrogen) atoms. The van der Waals surface area contributed by atoms with E-state index in [-0.39, 0.29) is 17.6 Å². The Balaban J connectivity index is 1.67. The van der Waals surface area contributed by atoms with E-state index >= 15 is 0 Å². The molecule has 1 aliphatic rings. The smallest absolute Gasteiger partial charge is 0.355 e. The van der Waals surface area contributed by atoms with E-state index < -0.39 is 12.0 Å². The first-order valence-electron chi connectivity index (χ1n) is 8.60. The Morgan fingerprint density at radius 1 is 1.57 bits per heavy atom. The number of benzene rings is 1. The maximum absolute atomic E-state index is 12.4. The Bertz CT molecular complexity index is 876. The third-order valence-corrected chi connectivity index (χ3v) is 6.84. The number of likely N-dealkylation sites (tertiary alicyclic amines) is 1. The second-order valence-electron chi connectivity index (χ2n) is 6.26. The lowest BCUT2D eigenvalue weighted by molar-refractivity contribution is -0.128. The molecule has 2 atom stereocenters. The monoisotopic (exact) mass is 441 g/mol. The number of nitrogens with two attached hydrogens (primary N) is 1. The SMILES string of the molecule is COc1ccc(Cl)cc1C(N)[C@H]1CCC(=O)N1CCSc1nc(C(=O)O)cs1. The lowest BCUT2D eigenvalue weighted by Gasteiger charge is -2.30. The number of carboxylic acid groups (broad SMARTS) is 1. The number of carboxylic acids is 1. The number of carbonyl (C=O) groups is 2. The summed E-state index contributed by atoms with van der Waals surface area (Å²) in [5.41, 5.74) is 7.32. The van der Waals surface area contributed by atoms with Crippen LogP contribution in [0.4, 0.5) is 0 Å². The number of hydrogen-bond acceptors (Lipinski definition) is 7. The van der Waals surface area contributed by atoms with Gasteiger partial charge in [0.15, 0.2) is 10.0 Å². The molecule has 1 amide bonds. The van der Waals surface area contributed by atoms with Crippen LogP contribution >= 0.6 is 34.7 Å². The molecule has 3 N–H and O–H groups in total. The summed E-state index contributed by atoms with van der Waals surface area (Å²) in [5, 5.41) is 11.0. The fourth-order valence-electron chi connectivity index (χ4n) is 3.25. The van der Waals surface area contributed by atoms with Gasteiger partial charge in [0.2, 0.25) is 5.91 Å². The van der Waals surface area contributed by atoms with Gasteiger partial charge < -0.3 is 20.5 Å². The van der Waals surface area contributed by atoms with Crippen LogP contribution in [0, 0.1) is 0 Å². The normalized spacial score (nSPS) is 17.8. The molecule has 1 saturated heterocycles. The second kappa shape index (κ2) is 9.13. The van der Waals surface area contributed by atoms with Gasteiger partial charge in [-0.05, 0) is 24.6 Å². The van der Waals surface area contributed by atoms with E-state index in [9.17, 15) is 9.59 Å². The highest BCUT2D eigenvalue weighted by Gasteiger charge is 2.36. The summed E-state index contributed by atoms with van der Waals surface area (Å²) < 4.78 is 6.07. The number of aromatic carboxylic acids is 1. The topological polar surface area (TPSA) is 106 Å². The number of aromatic nitrogens is 1. The fourth-order valence-corrected chi connectivity index (χ4v) is 5.24. The Morgan fingerprint density at radius 3 is 3.04 bits per heavy atom. The third-order valence-electron chi connectivity index (χ3n) is 4.60. The molecule has 1 aromatic heterocycles. The molecule has 1 aliphatic heterocycles. The van der Waals surface area contributed by atoms with Crippen LogP contribution in [0.1, 0.15) is 34.9 Å². The Kier molecular flexibility index (Phi) is 6.82. The van der Waals surface area contributed by atoms with Gasteiger partial charge >= 0.3 is 5.97 Å². The van der Waals surface area contributed by atoms with E-state index in [1.54, 1.807) is 30.2 Å². The first-order valence-corrected chi connectivity index (χ1v) is 10.8. The maximum atomic E-state index is 12.4. The highest BCUT2D eigenvalue weighted by Crippen LogP contribution is 2.35. The van der Waals surface area contributed by atoms with Crippen LogP contribution in [-0.2, 0) is 4.79 Å². The van der Waals surface area contributed by atoms with Gasteiger partial charge in [0.1, 0.15) is 5.75 Å². The highest BCUT2D eigenvalue weighted by atomic mass is 35.5. The van der Waals surface area contributed by atoms with Crippen molar-refractivity contribution in [3.8, 4) is 5.75 Å². The van der Waals surface area contributed by atoms with Crippen molar-refractivity contribution in [2.24, 2.45) is 5.73 Å². The van der Waals surface area contributed by atoms with Gasteiger partial charge in [0, 0.05) is 34.7 Å². The van der Waals surface area contributed by atoms with Crippen LogP contribution in [-0.4, -0.2) is 52.3 Å². The summed E-state index contributed by atoms with van der Waals surface area (Å²) in [5.74, 6) is 0.273. The minimum Gasteiger partial charge on any atom is -0.496 e. The van der Waals surface area contributed by atoms with Crippen molar-refractivity contribution in [3.63, 3.8) is 0 Å². The Labute approximate surface area is 175 Å². The van der Waals surface area contributed by atoms with Gasteiger partial charge in [-0.3, -0.25) is 4.79 Å². The Morgan fingerprint density at radius 2 is 2.36 bits per heavy atom. The average molecular weight is 442 g/mol. The van der Waals surface area contributed by atoms with Gasteiger partial charge in [-0.1, -0.05) is 23.4 Å². The standard InChI is InChI=1S/C18H20ClN3O4S2/c1-26-14-4-2-10(19)8-11(14)16(20)13-3-5-15(23)22(13)6-7-27-18-21-12(9-28-18)17(24)25/h2,4,8-9,13,16H,3,5-7,20H2,1H3,(H,24,25)/t13-,16?/m1/s1. The summed E-state index contributed by atoms with van der Waals surface area (Å²) in [6.45, 7) is 0.507. The predicted octanol–water partition coefficient (Wildman–Crippen LogP) is 3.29. The number of ether oxygens (including phenoxy) is 1. The molecule has 0 spiro atoms. The first kappa shape index (κ1) is 20.9. The van der Waals surface area contributed by atoms with E-state index in [0.29, 0.717) is 40.3 Å². The van der Waals surface area contributed by atoms with Gasteiger partial charge in [-0.2, -0.15) is 0 Å². The van der Waals surface area contributed by atoms with Gasteiger partial charge in [0.25, 0.3) is 0 Å². The van der Waals surface area contributed by atoms with Crippen molar-refractivity contribution in [1.29, 1.82) is 0 Å². The number of rotatable bonds is 8. The number of amides is 1. The minimum atomic E-state index is -1.04. The number of thiazole rings is 1. The molecular weight excluding hydrogens is 422 g/mol. The lowest BCUT2D eigenvalue weighted by Crippen LogP contribution is -2.41. The summed E-state index contributed by atoms with van der Waals surface area (Å²) in [6.07, 6.45) is 1.12. The summed E-state index contributed by atoms with van der Waals surface area (Å²) in [7, 11) is 1.58. The number of thioether (sulfide) groups is 1. The van der Waals surface area contributed by atoms with Crippen molar-refractivity contribution in [1.82, 2.24) is 9.88 Å². The van der Waals surface area contributed by atoms with E-state index in [1.165, 1.54) is 28.5 Å². The molecule has 1 unspecified atom stereocenters. The number of hydrogen-bond donors (Lipinski definition) is 2. The quantitative estimate of drug-likeness (QED) is 0.605. The first-order chi connectivity index (χ1) is 13.4. The largest absolute Gasteiger partial charge is 0.496 e. The number of carbonyl (C=O) groups excluding carboxylic acids is 1. The maximum Gasteiger partial charge on any atom is 0.355 e. The van der Waals surface area contributed by atoms with Crippen LogP contribution in [0.5, 0.6) is 5.75 Å². The van der Waals surface area contributed by atoms with Crippen LogP contribution in [0.3, 0.4) is 0 Å². The Hall–Kier alpha value is -1.81. The molecule has 7 nitrogen and oxygen atoms in total. The molecule has 0 radical (unpaired) electrons. The third kappa shape index (κ3) is 4.60. The highest BCUT2D eigenvalue weighted by molar-refractivity contribution is 8.01. The van der Waals surface area contributed by atoms with Crippen molar-refractivity contribution in [2.75, 3.05) is 19.4 Å². The molecule has 10 heteroatoms. The molecule has 1 fully saturated rings. The summed E-state index contributed by atoms with van der Waals surface area (Å²) >= 11 is 8.84. The molecule has 3 rings (SSSR count). The van der Waals surface area contributed by atoms with Gasteiger partial charge in [-0.15, -0.1) is 11.3 Å². The van der Waals surface area contributed by atoms with E-state index in [1.807, 2.05) is 0 Å². The fraction of sp³-hybridized carbons (Fsp3) is 0.389. The molecule has 0 saturated carbocycles. The lowest BCUT2D eigenvalue weighted by atomic mass is 9.97. The molecule has 0 aliphatic carbocycles. The average Bonchev–Trinajstić information content (AvgIpc) is 3.29.